The number of furan rings is 1. The predicted octanol–water partition coefficient (Wildman–Crippen LogP) is 3.20. The fourth-order valence-corrected chi connectivity index (χ4v) is 3.21. The molecule has 0 fully saturated rings. The molecular formula is C19H20N4O4S. The maximum Gasteiger partial charge on any atom is 0.287 e. The number of hydrogen-bond acceptors (Lipinski definition) is 7. The first kappa shape index (κ1) is 19.6. The van der Waals surface area contributed by atoms with Crippen LogP contribution < -0.4 is 15.4 Å². The van der Waals surface area contributed by atoms with Gasteiger partial charge in [-0.3, -0.25) is 14.9 Å². The fraction of sp³-hybridized carbons (Fsp3) is 0.263. The van der Waals surface area contributed by atoms with E-state index in [1.165, 1.54) is 23.7 Å². The maximum absolute atomic E-state index is 12.7. The van der Waals surface area contributed by atoms with Crippen LogP contribution >= 0.6 is 11.3 Å². The third-order valence-corrected chi connectivity index (χ3v) is 4.86. The van der Waals surface area contributed by atoms with Crippen LogP contribution in [0.15, 0.2) is 47.1 Å². The summed E-state index contributed by atoms with van der Waals surface area (Å²) in [5.74, 6) is -0.0553. The molecule has 2 amide bonds. The van der Waals surface area contributed by atoms with Crippen molar-refractivity contribution in [2.24, 2.45) is 5.92 Å². The van der Waals surface area contributed by atoms with Gasteiger partial charge in [-0.15, -0.1) is 10.2 Å². The van der Waals surface area contributed by atoms with E-state index in [0.717, 1.165) is 11.3 Å². The number of nitrogens with zero attached hydrogens (tertiary/aromatic N) is 2. The molecule has 0 aliphatic rings. The Kier molecular flexibility index (Phi) is 6.05. The minimum atomic E-state index is -0.745. The standard InChI is InChI=1S/C19H20N4O4S/c1-11(2)15(20-16(24)14-5-4-10-27-14)17(25)21-19-23-22-18(28-19)12-6-8-13(26-3)9-7-12/h4-11,15H,1-3H3,(H,20,24)(H,21,23,25). The topological polar surface area (TPSA) is 106 Å². The zero-order valence-electron chi connectivity index (χ0n) is 15.6. The van der Waals surface area contributed by atoms with Gasteiger partial charge in [0.05, 0.1) is 13.4 Å². The first-order valence-electron chi connectivity index (χ1n) is 8.61. The number of carbonyl (C=O) groups is 2. The summed E-state index contributed by atoms with van der Waals surface area (Å²) in [6, 6.07) is 9.79. The minimum absolute atomic E-state index is 0.132. The number of ether oxygens (including phenoxy) is 1. The van der Waals surface area contributed by atoms with Gasteiger partial charge in [-0.05, 0) is 42.3 Å². The Hall–Kier alpha value is -3.20. The fourth-order valence-electron chi connectivity index (χ4n) is 2.46. The second kappa shape index (κ2) is 8.66. The number of anilines is 1. The van der Waals surface area contributed by atoms with E-state index in [9.17, 15) is 9.59 Å². The molecule has 28 heavy (non-hydrogen) atoms. The Morgan fingerprint density at radius 2 is 1.89 bits per heavy atom. The molecule has 0 spiro atoms. The van der Waals surface area contributed by atoms with Crippen LogP contribution in [-0.2, 0) is 4.79 Å². The van der Waals surface area contributed by atoms with Gasteiger partial charge in [0.15, 0.2) is 5.76 Å². The number of benzene rings is 1. The van der Waals surface area contributed by atoms with E-state index in [0.29, 0.717) is 10.1 Å². The number of amides is 2. The molecule has 2 heterocycles. The Labute approximate surface area is 165 Å². The van der Waals surface area contributed by atoms with Gasteiger partial charge in [0.25, 0.3) is 5.91 Å². The van der Waals surface area contributed by atoms with Crippen LogP contribution in [0.4, 0.5) is 5.13 Å². The van der Waals surface area contributed by atoms with Crippen LogP contribution in [0, 0.1) is 5.92 Å². The normalized spacial score (nSPS) is 11.9. The van der Waals surface area contributed by atoms with Gasteiger partial charge in [0.2, 0.25) is 11.0 Å². The summed E-state index contributed by atoms with van der Waals surface area (Å²) in [5.41, 5.74) is 0.866. The molecule has 9 heteroatoms. The first-order chi connectivity index (χ1) is 13.5. The van der Waals surface area contributed by atoms with Gasteiger partial charge < -0.3 is 14.5 Å². The highest BCUT2D eigenvalue weighted by atomic mass is 32.1. The average Bonchev–Trinajstić information content (AvgIpc) is 3.38. The third kappa shape index (κ3) is 4.55. The van der Waals surface area contributed by atoms with Gasteiger partial charge in [0, 0.05) is 5.56 Å². The summed E-state index contributed by atoms with van der Waals surface area (Å²) in [5, 5.41) is 14.6. The lowest BCUT2D eigenvalue weighted by atomic mass is 10.0. The zero-order valence-corrected chi connectivity index (χ0v) is 16.4. The third-order valence-electron chi connectivity index (χ3n) is 3.97. The largest absolute Gasteiger partial charge is 0.497 e. The molecule has 1 aromatic carbocycles. The molecular weight excluding hydrogens is 380 g/mol. The summed E-state index contributed by atoms with van der Waals surface area (Å²) in [4.78, 5) is 24.9. The minimum Gasteiger partial charge on any atom is -0.497 e. The Balaban J connectivity index is 1.68. The van der Waals surface area contributed by atoms with Crippen molar-refractivity contribution in [3.8, 4) is 16.3 Å². The van der Waals surface area contributed by atoms with E-state index in [1.807, 2.05) is 38.1 Å². The highest BCUT2D eigenvalue weighted by molar-refractivity contribution is 7.18. The van der Waals surface area contributed by atoms with Gasteiger partial charge in [-0.2, -0.15) is 0 Å². The molecule has 146 valence electrons. The lowest BCUT2D eigenvalue weighted by molar-refractivity contribution is -0.118. The monoisotopic (exact) mass is 400 g/mol. The summed E-state index contributed by atoms with van der Waals surface area (Å²) >= 11 is 1.25. The summed E-state index contributed by atoms with van der Waals surface area (Å²) in [7, 11) is 1.60. The molecule has 0 saturated heterocycles. The van der Waals surface area contributed by atoms with Crippen molar-refractivity contribution in [3.63, 3.8) is 0 Å². The second-order valence-electron chi connectivity index (χ2n) is 6.30. The van der Waals surface area contributed by atoms with Crippen LogP contribution in [0.2, 0.25) is 0 Å². The van der Waals surface area contributed by atoms with Crippen molar-refractivity contribution in [2.75, 3.05) is 12.4 Å². The van der Waals surface area contributed by atoms with Crippen molar-refractivity contribution in [1.82, 2.24) is 15.5 Å². The van der Waals surface area contributed by atoms with Crippen LogP contribution in [0.3, 0.4) is 0 Å². The first-order valence-corrected chi connectivity index (χ1v) is 9.42. The average molecular weight is 400 g/mol. The number of methoxy groups -OCH3 is 1. The molecule has 2 N–H and O–H groups in total. The predicted molar refractivity (Wildman–Crippen MR) is 105 cm³/mol. The lowest BCUT2D eigenvalue weighted by Gasteiger charge is -2.20. The number of carbonyl (C=O) groups excluding carboxylic acids is 2. The number of aromatic nitrogens is 2. The zero-order chi connectivity index (χ0) is 20.1. The highest BCUT2D eigenvalue weighted by Gasteiger charge is 2.26. The van der Waals surface area contributed by atoms with E-state index in [1.54, 1.807) is 13.2 Å². The Morgan fingerprint density at radius 1 is 1.14 bits per heavy atom. The number of hydrogen-bond donors (Lipinski definition) is 2. The van der Waals surface area contributed by atoms with Crippen LogP contribution in [0.5, 0.6) is 5.75 Å². The van der Waals surface area contributed by atoms with Crippen LogP contribution in [-0.4, -0.2) is 35.2 Å². The molecule has 0 saturated carbocycles. The molecule has 3 rings (SSSR count). The van der Waals surface area contributed by atoms with Crippen molar-refractivity contribution in [3.05, 3.63) is 48.4 Å². The van der Waals surface area contributed by atoms with E-state index in [4.69, 9.17) is 9.15 Å². The van der Waals surface area contributed by atoms with Gasteiger partial charge >= 0.3 is 0 Å². The van der Waals surface area contributed by atoms with Gasteiger partial charge in [-0.1, -0.05) is 25.2 Å². The van der Waals surface area contributed by atoms with E-state index >= 15 is 0 Å². The molecule has 3 aromatic rings. The second-order valence-corrected chi connectivity index (χ2v) is 7.28. The number of nitrogens with one attached hydrogen (secondary N) is 2. The summed E-state index contributed by atoms with van der Waals surface area (Å²) < 4.78 is 10.2. The Morgan fingerprint density at radius 3 is 2.50 bits per heavy atom. The number of rotatable bonds is 7. The Bertz CT molecular complexity index is 935. The smallest absolute Gasteiger partial charge is 0.287 e. The van der Waals surface area contributed by atoms with Crippen molar-refractivity contribution in [1.29, 1.82) is 0 Å². The van der Waals surface area contributed by atoms with Gasteiger partial charge in [-0.25, -0.2) is 0 Å². The van der Waals surface area contributed by atoms with E-state index in [2.05, 4.69) is 20.8 Å². The lowest BCUT2D eigenvalue weighted by Crippen LogP contribution is -2.47. The summed E-state index contributed by atoms with van der Waals surface area (Å²) in [6.07, 6.45) is 1.40. The quantitative estimate of drug-likeness (QED) is 0.631. The molecule has 0 bridgehead atoms. The molecule has 1 atom stereocenters. The van der Waals surface area contributed by atoms with E-state index < -0.39 is 11.9 Å². The molecule has 2 aromatic heterocycles. The van der Waals surface area contributed by atoms with Gasteiger partial charge in [0.1, 0.15) is 16.8 Å². The van der Waals surface area contributed by atoms with Crippen molar-refractivity contribution >= 4 is 28.3 Å². The molecule has 8 nitrogen and oxygen atoms in total. The highest BCUT2D eigenvalue weighted by Crippen LogP contribution is 2.28. The van der Waals surface area contributed by atoms with E-state index in [-0.39, 0.29) is 17.6 Å². The molecule has 0 aliphatic carbocycles. The molecule has 0 radical (unpaired) electrons. The van der Waals surface area contributed by atoms with Crippen molar-refractivity contribution < 1.29 is 18.7 Å². The van der Waals surface area contributed by atoms with Crippen LogP contribution in [0.25, 0.3) is 10.6 Å². The SMILES string of the molecule is COc1ccc(-c2nnc(NC(=O)C(NC(=O)c3ccco3)C(C)C)s2)cc1. The van der Waals surface area contributed by atoms with Crippen molar-refractivity contribution in [2.45, 2.75) is 19.9 Å². The maximum atomic E-state index is 12.7. The molecule has 1 unspecified atom stereocenters. The summed E-state index contributed by atoms with van der Waals surface area (Å²) in [6.45, 7) is 3.69. The molecule has 0 aliphatic heterocycles. The van der Waals surface area contributed by atoms with Crippen LogP contribution in [0.1, 0.15) is 24.4 Å².